The molecule has 0 saturated carbocycles. The fourth-order valence-corrected chi connectivity index (χ4v) is 4.15. The lowest BCUT2D eigenvalue weighted by atomic mass is 10.1. The Morgan fingerprint density at radius 1 is 1.29 bits per heavy atom. The lowest BCUT2D eigenvalue weighted by Crippen LogP contribution is -2.37. The SMILES string of the molecule is COc1cc(C(=O)NCCN2CCc3sccc3C2)ccc1OCCC(C)C. The van der Waals surface area contributed by atoms with Gasteiger partial charge in [0.05, 0.1) is 13.7 Å². The quantitative estimate of drug-likeness (QED) is 0.690. The number of thiophene rings is 1. The first-order chi connectivity index (χ1) is 13.6. The van der Waals surface area contributed by atoms with Crippen molar-refractivity contribution in [2.45, 2.75) is 33.2 Å². The van der Waals surface area contributed by atoms with Crippen LogP contribution in [0.3, 0.4) is 0 Å². The molecule has 0 spiro atoms. The van der Waals surface area contributed by atoms with Crippen molar-refractivity contribution in [2.24, 2.45) is 5.92 Å². The van der Waals surface area contributed by atoms with Crippen molar-refractivity contribution in [3.05, 3.63) is 45.6 Å². The molecule has 1 aromatic heterocycles. The molecule has 1 amide bonds. The maximum absolute atomic E-state index is 12.5. The van der Waals surface area contributed by atoms with E-state index in [1.54, 1.807) is 19.2 Å². The van der Waals surface area contributed by atoms with Gasteiger partial charge in [-0.2, -0.15) is 0 Å². The fourth-order valence-electron chi connectivity index (χ4n) is 3.26. The third-order valence-electron chi connectivity index (χ3n) is 4.98. The summed E-state index contributed by atoms with van der Waals surface area (Å²) in [5.74, 6) is 1.78. The van der Waals surface area contributed by atoms with Gasteiger partial charge in [0.1, 0.15) is 0 Å². The summed E-state index contributed by atoms with van der Waals surface area (Å²) in [5, 5.41) is 5.18. The lowest BCUT2D eigenvalue weighted by molar-refractivity contribution is 0.0947. The van der Waals surface area contributed by atoms with Gasteiger partial charge < -0.3 is 14.8 Å². The average Bonchev–Trinajstić information content (AvgIpc) is 3.15. The summed E-state index contributed by atoms with van der Waals surface area (Å²) in [4.78, 5) is 16.4. The van der Waals surface area contributed by atoms with Crippen molar-refractivity contribution in [1.29, 1.82) is 0 Å². The number of hydrogen-bond acceptors (Lipinski definition) is 5. The monoisotopic (exact) mass is 402 g/mol. The molecule has 0 saturated heterocycles. The first kappa shape index (κ1) is 20.7. The molecular formula is C22H30N2O3S. The smallest absolute Gasteiger partial charge is 0.251 e. The number of nitrogens with zero attached hydrogens (tertiary/aromatic N) is 1. The minimum atomic E-state index is -0.0831. The van der Waals surface area contributed by atoms with Crippen LogP contribution in [0.2, 0.25) is 0 Å². The van der Waals surface area contributed by atoms with Crippen LogP contribution < -0.4 is 14.8 Å². The Morgan fingerprint density at radius 3 is 2.93 bits per heavy atom. The molecule has 0 radical (unpaired) electrons. The third-order valence-corrected chi connectivity index (χ3v) is 6.00. The van der Waals surface area contributed by atoms with Gasteiger partial charge in [-0.05, 0) is 54.0 Å². The molecule has 6 heteroatoms. The zero-order valence-corrected chi connectivity index (χ0v) is 17.8. The van der Waals surface area contributed by atoms with Crippen LogP contribution >= 0.6 is 11.3 Å². The number of methoxy groups -OCH3 is 1. The Morgan fingerprint density at radius 2 is 2.14 bits per heavy atom. The van der Waals surface area contributed by atoms with Crippen molar-refractivity contribution in [3.8, 4) is 11.5 Å². The van der Waals surface area contributed by atoms with E-state index in [9.17, 15) is 4.79 Å². The zero-order valence-electron chi connectivity index (χ0n) is 17.0. The van der Waals surface area contributed by atoms with E-state index in [0.29, 0.717) is 36.1 Å². The van der Waals surface area contributed by atoms with Gasteiger partial charge >= 0.3 is 0 Å². The van der Waals surface area contributed by atoms with Crippen LogP contribution in [-0.4, -0.2) is 44.2 Å². The van der Waals surface area contributed by atoms with E-state index in [2.05, 4.69) is 35.5 Å². The van der Waals surface area contributed by atoms with Crippen molar-refractivity contribution < 1.29 is 14.3 Å². The molecule has 1 aromatic carbocycles. The van der Waals surface area contributed by atoms with Gasteiger partial charge in [-0.1, -0.05) is 13.8 Å². The maximum atomic E-state index is 12.5. The second-order valence-corrected chi connectivity index (χ2v) is 8.55. The summed E-state index contributed by atoms with van der Waals surface area (Å²) >= 11 is 1.85. The van der Waals surface area contributed by atoms with Crippen LogP contribution in [0, 0.1) is 5.92 Å². The van der Waals surface area contributed by atoms with E-state index in [4.69, 9.17) is 9.47 Å². The number of hydrogen-bond donors (Lipinski definition) is 1. The molecule has 5 nitrogen and oxygen atoms in total. The summed E-state index contributed by atoms with van der Waals surface area (Å²) in [6, 6.07) is 7.57. The molecule has 2 aromatic rings. The molecule has 2 heterocycles. The van der Waals surface area contributed by atoms with Crippen LogP contribution in [0.5, 0.6) is 11.5 Å². The molecule has 0 unspecified atom stereocenters. The average molecular weight is 403 g/mol. The molecule has 1 N–H and O–H groups in total. The van der Waals surface area contributed by atoms with Crippen LogP contribution in [0.15, 0.2) is 29.6 Å². The van der Waals surface area contributed by atoms with Crippen LogP contribution in [0.4, 0.5) is 0 Å². The number of carbonyl (C=O) groups is 1. The van der Waals surface area contributed by atoms with Gasteiger partial charge in [-0.3, -0.25) is 9.69 Å². The van der Waals surface area contributed by atoms with Crippen molar-refractivity contribution in [1.82, 2.24) is 10.2 Å². The van der Waals surface area contributed by atoms with Crippen molar-refractivity contribution in [2.75, 3.05) is 33.4 Å². The molecule has 28 heavy (non-hydrogen) atoms. The molecule has 3 rings (SSSR count). The van der Waals surface area contributed by atoms with Gasteiger partial charge in [0.2, 0.25) is 0 Å². The second-order valence-electron chi connectivity index (χ2n) is 7.55. The van der Waals surface area contributed by atoms with E-state index >= 15 is 0 Å². The molecule has 0 atom stereocenters. The Hall–Kier alpha value is -2.05. The normalized spacial score (nSPS) is 14.0. The van der Waals surface area contributed by atoms with Gasteiger partial charge in [0.15, 0.2) is 11.5 Å². The van der Waals surface area contributed by atoms with E-state index in [-0.39, 0.29) is 5.91 Å². The maximum Gasteiger partial charge on any atom is 0.251 e. The predicted molar refractivity (Wildman–Crippen MR) is 114 cm³/mol. The van der Waals surface area contributed by atoms with E-state index in [0.717, 1.165) is 32.5 Å². The highest BCUT2D eigenvalue weighted by atomic mass is 32.1. The number of nitrogens with one attached hydrogen (secondary N) is 1. The highest BCUT2D eigenvalue weighted by molar-refractivity contribution is 7.10. The van der Waals surface area contributed by atoms with Gasteiger partial charge in [-0.25, -0.2) is 0 Å². The fraction of sp³-hybridized carbons (Fsp3) is 0.500. The van der Waals surface area contributed by atoms with E-state index in [1.165, 1.54) is 10.4 Å². The predicted octanol–water partition coefficient (Wildman–Crippen LogP) is 3.97. The second kappa shape index (κ2) is 9.94. The standard InChI is InChI=1S/C22H30N2O3S/c1-16(2)7-12-27-19-5-4-17(14-20(19)26-3)22(25)23-9-11-24-10-6-21-18(15-24)8-13-28-21/h4-5,8,13-14,16H,6-7,9-12,15H2,1-3H3,(H,23,25). The minimum Gasteiger partial charge on any atom is -0.493 e. The van der Waals surface area contributed by atoms with Gasteiger partial charge in [0, 0.05) is 36.6 Å². The highest BCUT2D eigenvalue weighted by Crippen LogP contribution is 2.28. The van der Waals surface area contributed by atoms with Crippen LogP contribution in [0.25, 0.3) is 0 Å². The van der Waals surface area contributed by atoms with Crippen LogP contribution in [0.1, 0.15) is 41.1 Å². The Bertz CT molecular complexity index is 788. The molecular weight excluding hydrogens is 372 g/mol. The zero-order chi connectivity index (χ0) is 19.9. The number of amides is 1. The van der Waals surface area contributed by atoms with Gasteiger partial charge in [0.25, 0.3) is 5.91 Å². The largest absolute Gasteiger partial charge is 0.493 e. The topological polar surface area (TPSA) is 50.8 Å². The number of carbonyl (C=O) groups excluding carboxylic acids is 1. The summed E-state index contributed by atoms with van der Waals surface area (Å²) < 4.78 is 11.2. The molecule has 0 bridgehead atoms. The van der Waals surface area contributed by atoms with E-state index < -0.39 is 0 Å². The number of ether oxygens (including phenoxy) is 2. The summed E-state index contributed by atoms with van der Waals surface area (Å²) in [7, 11) is 1.60. The van der Waals surface area contributed by atoms with Gasteiger partial charge in [-0.15, -0.1) is 11.3 Å². The first-order valence-electron chi connectivity index (χ1n) is 9.93. The van der Waals surface area contributed by atoms with Crippen LogP contribution in [-0.2, 0) is 13.0 Å². The van der Waals surface area contributed by atoms with Crippen molar-refractivity contribution >= 4 is 17.2 Å². The van der Waals surface area contributed by atoms with E-state index in [1.807, 2.05) is 17.4 Å². The summed E-state index contributed by atoms with van der Waals surface area (Å²) in [6.45, 7) is 8.49. The Labute approximate surface area is 171 Å². The summed E-state index contributed by atoms with van der Waals surface area (Å²) in [5.41, 5.74) is 2.02. The lowest BCUT2D eigenvalue weighted by Gasteiger charge is -2.26. The summed E-state index contributed by atoms with van der Waals surface area (Å²) in [6.07, 6.45) is 2.09. The Balaban J connectivity index is 1.48. The first-order valence-corrected chi connectivity index (χ1v) is 10.8. The molecule has 1 aliphatic heterocycles. The third kappa shape index (κ3) is 5.49. The molecule has 0 fully saturated rings. The van der Waals surface area contributed by atoms with Crippen molar-refractivity contribution in [3.63, 3.8) is 0 Å². The minimum absolute atomic E-state index is 0.0831. The Kier molecular flexibility index (Phi) is 7.34. The highest BCUT2D eigenvalue weighted by Gasteiger charge is 2.17. The number of fused-ring (bicyclic) bond motifs is 1. The molecule has 1 aliphatic rings. The molecule has 152 valence electrons. The number of benzene rings is 1. The molecule has 0 aliphatic carbocycles. The number of rotatable bonds is 9.